The Morgan fingerprint density at radius 2 is 2.14 bits per heavy atom. The first-order valence-electron chi connectivity index (χ1n) is 7.64. The molecule has 0 aliphatic heterocycles. The van der Waals surface area contributed by atoms with Crippen molar-refractivity contribution in [2.75, 3.05) is 17.6 Å². The Morgan fingerprint density at radius 3 is 2.67 bits per heavy atom. The van der Waals surface area contributed by atoms with E-state index >= 15 is 0 Å². The fraction of sp³-hybridized carbons (Fsp3) is 0.625. The zero-order valence-corrected chi connectivity index (χ0v) is 12.9. The van der Waals surface area contributed by atoms with Gasteiger partial charge in [-0.2, -0.15) is 0 Å². The van der Waals surface area contributed by atoms with Gasteiger partial charge >= 0.3 is 5.97 Å². The molecule has 0 atom stereocenters. The molecule has 21 heavy (non-hydrogen) atoms. The van der Waals surface area contributed by atoms with Crippen LogP contribution >= 0.6 is 0 Å². The van der Waals surface area contributed by atoms with Gasteiger partial charge in [0.25, 0.3) is 0 Å². The van der Waals surface area contributed by atoms with Gasteiger partial charge in [-0.1, -0.05) is 26.7 Å². The van der Waals surface area contributed by atoms with Crippen LogP contribution in [0.25, 0.3) is 0 Å². The average Bonchev–Trinajstić information content (AvgIpc) is 2.85. The molecule has 0 radical (unpaired) electrons. The van der Waals surface area contributed by atoms with Gasteiger partial charge in [-0.3, -0.25) is 0 Å². The molecule has 1 heterocycles. The summed E-state index contributed by atoms with van der Waals surface area (Å²) in [5.74, 6) is 0.257. The number of aromatic nitrogens is 1. The average molecular weight is 291 g/mol. The lowest BCUT2D eigenvalue weighted by molar-refractivity contribution is 0.0696. The van der Waals surface area contributed by atoms with Crippen LogP contribution in [-0.2, 0) is 0 Å². The van der Waals surface area contributed by atoms with Gasteiger partial charge in [0, 0.05) is 12.7 Å². The number of nitrogens with two attached hydrogens (primary N) is 1. The number of carboxylic acids is 1. The molecule has 1 aliphatic rings. The van der Waals surface area contributed by atoms with Gasteiger partial charge in [0.15, 0.2) is 0 Å². The highest BCUT2D eigenvalue weighted by molar-refractivity contribution is 5.89. The molecule has 1 aliphatic carbocycles. The van der Waals surface area contributed by atoms with Crippen molar-refractivity contribution in [1.82, 2.24) is 4.98 Å². The maximum atomic E-state index is 10.9. The first-order valence-corrected chi connectivity index (χ1v) is 7.64. The zero-order valence-electron chi connectivity index (χ0n) is 12.9. The van der Waals surface area contributed by atoms with Crippen molar-refractivity contribution in [3.05, 3.63) is 17.8 Å². The molecule has 1 saturated carbocycles. The molecule has 0 unspecified atom stereocenters. The lowest BCUT2D eigenvalue weighted by atomic mass is 9.78. The molecule has 0 bridgehead atoms. The van der Waals surface area contributed by atoms with Gasteiger partial charge < -0.3 is 16.2 Å². The minimum Gasteiger partial charge on any atom is -0.478 e. The Balaban J connectivity index is 2.06. The third-order valence-corrected chi connectivity index (χ3v) is 4.30. The van der Waals surface area contributed by atoms with Crippen molar-refractivity contribution in [2.24, 2.45) is 11.3 Å². The van der Waals surface area contributed by atoms with Crippen molar-refractivity contribution in [2.45, 2.75) is 46.0 Å². The lowest BCUT2D eigenvalue weighted by Crippen LogP contribution is -2.29. The molecule has 4 N–H and O–H groups in total. The topological polar surface area (TPSA) is 88.2 Å². The fourth-order valence-corrected chi connectivity index (χ4v) is 3.46. The number of hydrogen-bond acceptors (Lipinski definition) is 4. The Morgan fingerprint density at radius 1 is 1.48 bits per heavy atom. The highest BCUT2D eigenvalue weighted by atomic mass is 16.4. The first-order chi connectivity index (χ1) is 9.92. The Bertz CT molecular complexity index is 508. The maximum Gasteiger partial charge on any atom is 0.337 e. The van der Waals surface area contributed by atoms with Crippen molar-refractivity contribution < 1.29 is 9.90 Å². The fourth-order valence-electron chi connectivity index (χ4n) is 3.46. The molecule has 0 amide bonds. The summed E-state index contributed by atoms with van der Waals surface area (Å²) < 4.78 is 0. The molecule has 116 valence electrons. The molecule has 5 heteroatoms. The van der Waals surface area contributed by atoms with E-state index in [-0.39, 0.29) is 5.56 Å². The number of carboxylic acid groups (broad SMARTS) is 1. The van der Waals surface area contributed by atoms with E-state index in [0.29, 0.717) is 22.8 Å². The number of anilines is 2. The van der Waals surface area contributed by atoms with Gasteiger partial charge in [0.1, 0.15) is 5.82 Å². The van der Waals surface area contributed by atoms with Gasteiger partial charge in [-0.05, 0) is 36.7 Å². The van der Waals surface area contributed by atoms with Crippen LogP contribution in [-0.4, -0.2) is 22.6 Å². The van der Waals surface area contributed by atoms with Crippen LogP contribution in [0.2, 0.25) is 0 Å². The summed E-state index contributed by atoms with van der Waals surface area (Å²) in [5, 5.41) is 12.3. The second-order valence-electron chi connectivity index (χ2n) is 6.63. The number of nitrogen functional groups attached to an aromatic ring is 1. The van der Waals surface area contributed by atoms with Crippen LogP contribution in [0.4, 0.5) is 11.5 Å². The van der Waals surface area contributed by atoms with E-state index in [1.807, 2.05) is 0 Å². The van der Waals surface area contributed by atoms with Crippen LogP contribution in [0.15, 0.2) is 12.3 Å². The summed E-state index contributed by atoms with van der Waals surface area (Å²) >= 11 is 0. The molecule has 1 fully saturated rings. The summed E-state index contributed by atoms with van der Waals surface area (Å²) in [5.41, 5.74) is 6.74. The molecule has 1 aromatic heterocycles. The number of nitrogens with zero attached hydrogens (tertiary/aromatic N) is 1. The van der Waals surface area contributed by atoms with Gasteiger partial charge in [-0.25, -0.2) is 9.78 Å². The molecular formula is C16H25N3O2. The summed E-state index contributed by atoms with van der Waals surface area (Å²) in [6.07, 6.45) is 7.61. The molecular weight excluding hydrogens is 266 g/mol. The lowest BCUT2D eigenvalue weighted by Gasteiger charge is -2.31. The molecule has 0 saturated heterocycles. The van der Waals surface area contributed by atoms with Crippen molar-refractivity contribution in [1.29, 1.82) is 0 Å². The Kier molecular flexibility index (Phi) is 4.70. The molecule has 1 aromatic rings. The smallest absolute Gasteiger partial charge is 0.337 e. The minimum atomic E-state index is -1.01. The summed E-state index contributed by atoms with van der Waals surface area (Å²) in [6.45, 7) is 5.37. The maximum absolute atomic E-state index is 10.9. The number of aromatic carboxylic acids is 1. The van der Waals surface area contributed by atoms with Gasteiger partial charge in [0.05, 0.1) is 11.3 Å². The second kappa shape index (κ2) is 6.33. The number of rotatable bonds is 6. The van der Waals surface area contributed by atoms with Crippen LogP contribution < -0.4 is 11.1 Å². The highest BCUT2D eigenvalue weighted by Crippen LogP contribution is 2.43. The normalized spacial score (nSPS) is 17.1. The quantitative estimate of drug-likeness (QED) is 0.747. The molecule has 0 aromatic carbocycles. The number of hydrogen-bond donors (Lipinski definition) is 3. The van der Waals surface area contributed by atoms with E-state index < -0.39 is 5.97 Å². The van der Waals surface area contributed by atoms with Crippen molar-refractivity contribution in [3.8, 4) is 0 Å². The minimum absolute atomic E-state index is 0.121. The van der Waals surface area contributed by atoms with E-state index in [2.05, 4.69) is 24.1 Å². The van der Waals surface area contributed by atoms with E-state index in [4.69, 9.17) is 10.8 Å². The number of carbonyl (C=O) groups is 1. The molecule has 5 nitrogen and oxygen atoms in total. The Hall–Kier alpha value is -1.78. The largest absolute Gasteiger partial charge is 0.478 e. The second-order valence-corrected chi connectivity index (χ2v) is 6.63. The Labute approximate surface area is 126 Å². The highest BCUT2D eigenvalue weighted by Gasteiger charge is 2.34. The number of nitrogens with one attached hydrogen (secondary N) is 1. The summed E-state index contributed by atoms with van der Waals surface area (Å²) in [7, 11) is 0. The molecule has 2 rings (SSSR count). The van der Waals surface area contributed by atoms with Crippen LogP contribution in [0.3, 0.4) is 0 Å². The van der Waals surface area contributed by atoms with E-state index in [9.17, 15) is 4.79 Å². The number of pyridine rings is 1. The SMILES string of the molecule is CC(C)CC1(CNc2ncc(C(=O)O)cc2N)CCCC1. The van der Waals surface area contributed by atoms with Crippen molar-refractivity contribution >= 4 is 17.5 Å². The first kappa shape index (κ1) is 15.6. The monoisotopic (exact) mass is 291 g/mol. The van der Waals surface area contributed by atoms with E-state index in [1.54, 1.807) is 0 Å². The third kappa shape index (κ3) is 3.86. The predicted molar refractivity (Wildman–Crippen MR) is 84.5 cm³/mol. The predicted octanol–water partition coefficient (Wildman–Crippen LogP) is 3.38. The van der Waals surface area contributed by atoms with Gasteiger partial charge in [-0.15, -0.1) is 0 Å². The standard InChI is InChI=1S/C16H25N3O2/c1-11(2)8-16(5-3-4-6-16)10-19-14-13(17)7-12(9-18-14)15(20)21/h7,9,11H,3-6,8,10,17H2,1-2H3,(H,18,19)(H,20,21). The van der Waals surface area contributed by atoms with Gasteiger partial charge in [0.2, 0.25) is 0 Å². The molecule has 0 spiro atoms. The van der Waals surface area contributed by atoms with Crippen molar-refractivity contribution in [3.63, 3.8) is 0 Å². The summed E-state index contributed by atoms with van der Waals surface area (Å²) in [4.78, 5) is 15.0. The van der Waals surface area contributed by atoms with E-state index in [0.717, 1.165) is 6.54 Å². The zero-order chi connectivity index (χ0) is 15.5. The van der Waals surface area contributed by atoms with Crippen LogP contribution in [0.1, 0.15) is 56.3 Å². The van der Waals surface area contributed by atoms with E-state index in [1.165, 1.54) is 44.4 Å². The van der Waals surface area contributed by atoms with Crippen LogP contribution in [0.5, 0.6) is 0 Å². The van der Waals surface area contributed by atoms with Crippen LogP contribution in [0, 0.1) is 11.3 Å². The summed E-state index contributed by atoms with van der Waals surface area (Å²) in [6, 6.07) is 1.46. The third-order valence-electron chi connectivity index (χ3n) is 4.30.